The van der Waals surface area contributed by atoms with Crippen molar-refractivity contribution in [1.29, 1.82) is 0 Å². The molecule has 0 aliphatic carbocycles. The largest absolute Gasteiger partial charge is 0.480 e. The molecule has 1 aromatic heterocycles. The average molecular weight is 275 g/mol. The molecule has 0 aliphatic rings. The summed E-state index contributed by atoms with van der Waals surface area (Å²) in [5.41, 5.74) is 0. The molecule has 0 aliphatic heterocycles. The van der Waals surface area contributed by atoms with E-state index in [1.807, 2.05) is 17.5 Å². The Kier molecular flexibility index (Phi) is 5.46. The molecule has 1 aromatic rings. The van der Waals surface area contributed by atoms with Crippen molar-refractivity contribution in [3.05, 3.63) is 17.5 Å². The minimum atomic E-state index is -1.26. The van der Waals surface area contributed by atoms with Crippen molar-refractivity contribution >= 4 is 35.0 Å². The summed E-state index contributed by atoms with van der Waals surface area (Å²) in [4.78, 5) is 22.2. The van der Waals surface area contributed by atoms with Crippen LogP contribution in [-0.2, 0) is 9.59 Å². The standard InChI is InChI=1S/C10H13NO4S2/c1-6(12)9(10(14)15)11-7(13)5-17-8-3-2-4-16-8/h2-4,6,9,12H,5H2,1H3,(H,11,13)(H,14,15)/t6-,9+/m1/s1. The molecule has 0 saturated heterocycles. The molecule has 3 N–H and O–H groups in total. The summed E-state index contributed by atoms with van der Waals surface area (Å²) in [6.45, 7) is 1.32. The lowest BCUT2D eigenvalue weighted by Crippen LogP contribution is -2.48. The Bertz CT molecular complexity index is 378. The Hall–Kier alpha value is -1.05. The highest BCUT2D eigenvalue weighted by Gasteiger charge is 2.24. The van der Waals surface area contributed by atoms with E-state index in [9.17, 15) is 14.7 Å². The van der Waals surface area contributed by atoms with Crippen LogP contribution in [0.25, 0.3) is 0 Å². The summed E-state index contributed by atoms with van der Waals surface area (Å²) >= 11 is 2.85. The molecule has 1 amide bonds. The Morgan fingerprint density at radius 2 is 2.29 bits per heavy atom. The minimum Gasteiger partial charge on any atom is -0.480 e. The van der Waals surface area contributed by atoms with Crippen LogP contribution in [0.5, 0.6) is 0 Å². The van der Waals surface area contributed by atoms with Crippen LogP contribution in [0, 0.1) is 0 Å². The molecule has 1 heterocycles. The quantitative estimate of drug-likeness (QED) is 0.668. The van der Waals surface area contributed by atoms with Crippen molar-refractivity contribution in [3.63, 3.8) is 0 Å². The lowest BCUT2D eigenvalue weighted by molar-refractivity contribution is -0.144. The molecule has 0 unspecified atom stereocenters. The van der Waals surface area contributed by atoms with Gasteiger partial charge in [0.1, 0.15) is 0 Å². The van der Waals surface area contributed by atoms with E-state index in [1.54, 1.807) is 0 Å². The number of carboxylic acid groups (broad SMARTS) is 1. The molecule has 0 spiro atoms. The van der Waals surface area contributed by atoms with Crippen LogP contribution in [0.3, 0.4) is 0 Å². The second-order valence-corrected chi connectivity index (χ2v) is 5.57. The van der Waals surface area contributed by atoms with E-state index < -0.39 is 24.0 Å². The maximum absolute atomic E-state index is 11.5. The van der Waals surface area contributed by atoms with Gasteiger partial charge in [0.2, 0.25) is 5.91 Å². The second-order valence-electron chi connectivity index (χ2n) is 3.34. The van der Waals surface area contributed by atoms with E-state index in [-0.39, 0.29) is 5.75 Å². The molecule has 0 aromatic carbocycles. The zero-order chi connectivity index (χ0) is 12.8. The lowest BCUT2D eigenvalue weighted by atomic mass is 10.2. The van der Waals surface area contributed by atoms with Gasteiger partial charge in [-0.3, -0.25) is 4.79 Å². The summed E-state index contributed by atoms with van der Waals surface area (Å²) in [6.07, 6.45) is -1.12. The Labute approximate surface area is 107 Å². The van der Waals surface area contributed by atoms with Gasteiger partial charge in [-0.2, -0.15) is 0 Å². The van der Waals surface area contributed by atoms with Crippen LogP contribution >= 0.6 is 23.1 Å². The first-order valence-electron chi connectivity index (χ1n) is 4.87. The summed E-state index contributed by atoms with van der Waals surface area (Å²) < 4.78 is 0.990. The molecule has 5 nitrogen and oxygen atoms in total. The van der Waals surface area contributed by atoms with E-state index in [4.69, 9.17) is 5.11 Å². The zero-order valence-electron chi connectivity index (χ0n) is 9.12. The maximum Gasteiger partial charge on any atom is 0.328 e. The van der Waals surface area contributed by atoms with Crippen molar-refractivity contribution in [1.82, 2.24) is 5.32 Å². The Balaban J connectivity index is 2.40. The molecular formula is C10H13NO4S2. The number of thioether (sulfide) groups is 1. The van der Waals surface area contributed by atoms with Crippen LogP contribution in [-0.4, -0.2) is 40.0 Å². The molecule has 0 bridgehead atoms. The number of hydrogen-bond acceptors (Lipinski definition) is 5. The van der Waals surface area contributed by atoms with Crippen LogP contribution < -0.4 is 5.32 Å². The monoisotopic (exact) mass is 275 g/mol. The lowest BCUT2D eigenvalue weighted by Gasteiger charge is -2.16. The smallest absolute Gasteiger partial charge is 0.328 e. The van der Waals surface area contributed by atoms with Gasteiger partial charge in [-0.15, -0.1) is 23.1 Å². The van der Waals surface area contributed by atoms with Crippen molar-refractivity contribution in [2.45, 2.75) is 23.3 Å². The summed E-state index contributed by atoms with van der Waals surface area (Å²) in [6, 6.07) is 2.50. The van der Waals surface area contributed by atoms with Crippen molar-refractivity contribution < 1.29 is 19.8 Å². The van der Waals surface area contributed by atoms with E-state index in [2.05, 4.69) is 5.32 Å². The zero-order valence-corrected chi connectivity index (χ0v) is 10.8. The molecule has 0 fully saturated rings. The highest BCUT2D eigenvalue weighted by molar-refractivity contribution is 8.01. The minimum absolute atomic E-state index is 0.136. The van der Waals surface area contributed by atoms with Gasteiger partial charge in [0.15, 0.2) is 6.04 Å². The van der Waals surface area contributed by atoms with Gasteiger partial charge < -0.3 is 15.5 Å². The first-order chi connectivity index (χ1) is 8.00. The number of aliphatic hydroxyl groups is 1. The first kappa shape index (κ1) is 14.0. The van der Waals surface area contributed by atoms with Gasteiger partial charge in [0.25, 0.3) is 0 Å². The Morgan fingerprint density at radius 3 is 2.76 bits per heavy atom. The molecule has 2 atom stereocenters. The van der Waals surface area contributed by atoms with Gasteiger partial charge in [0.05, 0.1) is 16.1 Å². The third kappa shape index (κ3) is 4.76. The van der Waals surface area contributed by atoms with Crippen LogP contribution in [0.1, 0.15) is 6.92 Å². The van der Waals surface area contributed by atoms with E-state index in [0.717, 1.165) is 4.21 Å². The van der Waals surface area contributed by atoms with Crippen molar-refractivity contribution in [2.75, 3.05) is 5.75 Å². The predicted octanol–water partition coefficient (Wildman–Crippen LogP) is 0.790. The molecule has 94 valence electrons. The van der Waals surface area contributed by atoms with Gasteiger partial charge in [-0.1, -0.05) is 6.07 Å². The Morgan fingerprint density at radius 1 is 1.59 bits per heavy atom. The molecule has 7 heteroatoms. The van der Waals surface area contributed by atoms with Gasteiger partial charge in [-0.25, -0.2) is 4.79 Å². The number of aliphatic hydroxyl groups excluding tert-OH is 1. The SMILES string of the molecule is C[C@@H](O)[C@H](NC(=O)CSc1cccs1)C(=O)O. The number of rotatable bonds is 6. The van der Waals surface area contributed by atoms with Gasteiger partial charge in [0, 0.05) is 0 Å². The van der Waals surface area contributed by atoms with Crippen LogP contribution in [0.15, 0.2) is 21.7 Å². The summed E-state index contributed by atoms with van der Waals surface area (Å²) in [7, 11) is 0. The second kappa shape index (κ2) is 6.63. The number of carbonyl (C=O) groups excluding carboxylic acids is 1. The van der Waals surface area contributed by atoms with E-state index >= 15 is 0 Å². The van der Waals surface area contributed by atoms with Gasteiger partial charge >= 0.3 is 5.97 Å². The first-order valence-corrected chi connectivity index (χ1v) is 6.73. The fourth-order valence-corrected chi connectivity index (χ4v) is 2.68. The molecule has 1 rings (SSSR count). The summed E-state index contributed by atoms with van der Waals surface area (Å²) in [5.74, 6) is -1.51. The van der Waals surface area contributed by atoms with Crippen LogP contribution in [0.4, 0.5) is 0 Å². The fourth-order valence-electron chi connectivity index (χ4n) is 1.09. The molecule has 0 saturated carbocycles. The molecule has 17 heavy (non-hydrogen) atoms. The highest BCUT2D eigenvalue weighted by Crippen LogP contribution is 2.22. The number of aliphatic carboxylic acids is 1. The maximum atomic E-state index is 11.5. The number of amides is 1. The van der Waals surface area contributed by atoms with Crippen LogP contribution in [0.2, 0.25) is 0 Å². The molecule has 0 radical (unpaired) electrons. The number of hydrogen-bond donors (Lipinski definition) is 3. The van der Waals surface area contributed by atoms with Gasteiger partial charge in [-0.05, 0) is 18.4 Å². The number of nitrogens with one attached hydrogen (secondary N) is 1. The highest BCUT2D eigenvalue weighted by atomic mass is 32.2. The van der Waals surface area contributed by atoms with E-state index in [0.29, 0.717) is 0 Å². The normalized spacial score (nSPS) is 14.0. The number of carbonyl (C=O) groups is 2. The topological polar surface area (TPSA) is 86.6 Å². The molecular weight excluding hydrogens is 262 g/mol. The van der Waals surface area contributed by atoms with E-state index in [1.165, 1.54) is 30.0 Å². The third-order valence-corrected chi connectivity index (χ3v) is 4.04. The number of carboxylic acids is 1. The van der Waals surface area contributed by atoms with Crippen molar-refractivity contribution in [2.24, 2.45) is 0 Å². The summed E-state index contributed by atoms with van der Waals surface area (Å²) in [5, 5.41) is 22.1. The fraction of sp³-hybridized carbons (Fsp3) is 0.400. The predicted molar refractivity (Wildman–Crippen MR) is 66.3 cm³/mol. The average Bonchev–Trinajstić information content (AvgIpc) is 2.74. The van der Waals surface area contributed by atoms with Crippen molar-refractivity contribution in [3.8, 4) is 0 Å². The third-order valence-electron chi connectivity index (χ3n) is 1.91. The number of thiophene rings is 1.